The Bertz CT molecular complexity index is 1020. The van der Waals surface area contributed by atoms with Crippen molar-refractivity contribution in [2.75, 3.05) is 0 Å². The Morgan fingerprint density at radius 1 is 1.04 bits per heavy atom. The highest BCUT2D eigenvalue weighted by molar-refractivity contribution is 6.16. The third-order valence-electron chi connectivity index (χ3n) is 4.09. The second kappa shape index (κ2) is 7.14. The number of furan rings is 1. The molecule has 0 saturated heterocycles. The third kappa shape index (κ3) is 3.39. The number of aryl methyl sites for hydroxylation is 1. The van der Waals surface area contributed by atoms with Crippen LogP contribution in [0.2, 0.25) is 0 Å². The van der Waals surface area contributed by atoms with Gasteiger partial charge >= 0.3 is 0 Å². The topological polar surface area (TPSA) is 56.7 Å². The van der Waals surface area contributed by atoms with Crippen molar-refractivity contribution >= 4 is 11.6 Å². The van der Waals surface area contributed by atoms with Crippen molar-refractivity contribution < 1.29 is 4.42 Å². The molecule has 0 amide bonds. The van der Waals surface area contributed by atoms with E-state index in [4.69, 9.17) is 16.0 Å². The van der Waals surface area contributed by atoms with Crippen LogP contribution in [0.15, 0.2) is 65.2 Å². The van der Waals surface area contributed by atoms with Gasteiger partial charge in [-0.15, -0.1) is 16.7 Å². The first-order valence-corrected chi connectivity index (χ1v) is 8.83. The number of pyridine rings is 1. The van der Waals surface area contributed by atoms with Crippen molar-refractivity contribution in [1.29, 1.82) is 0 Å². The standard InChI is InChI=1S/C20H17ClN4O/c1-14-23-20(19-8-7-18(26-19)16-5-3-2-4-6-16)24-25(14)13-15-9-10-22-17(11-15)12-21/h2-11H,12-13H2,1H3. The minimum atomic E-state index is 0.393. The molecule has 3 aromatic heterocycles. The molecule has 5 nitrogen and oxygen atoms in total. The first-order chi connectivity index (χ1) is 12.7. The van der Waals surface area contributed by atoms with Crippen LogP contribution in [0.25, 0.3) is 22.9 Å². The fourth-order valence-electron chi connectivity index (χ4n) is 2.76. The van der Waals surface area contributed by atoms with Crippen molar-refractivity contribution in [2.45, 2.75) is 19.3 Å². The van der Waals surface area contributed by atoms with Crippen molar-refractivity contribution in [1.82, 2.24) is 19.7 Å². The van der Waals surface area contributed by atoms with Crippen LogP contribution in [-0.2, 0) is 12.4 Å². The molecule has 0 fully saturated rings. The van der Waals surface area contributed by atoms with Crippen LogP contribution in [0, 0.1) is 6.92 Å². The summed E-state index contributed by atoms with van der Waals surface area (Å²) in [6, 6.07) is 17.8. The van der Waals surface area contributed by atoms with Crippen LogP contribution >= 0.6 is 11.6 Å². The smallest absolute Gasteiger partial charge is 0.217 e. The first kappa shape index (κ1) is 16.5. The zero-order valence-electron chi connectivity index (χ0n) is 14.3. The van der Waals surface area contributed by atoms with Crippen molar-refractivity contribution in [3.8, 4) is 22.9 Å². The van der Waals surface area contributed by atoms with E-state index in [1.807, 2.05) is 66.2 Å². The fourth-order valence-corrected chi connectivity index (χ4v) is 2.91. The lowest BCUT2D eigenvalue weighted by molar-refractivity contribution is 0.588. The maximum atomic E-state index is 5.95. The minimum Gasteiger partial charge on any atom is -0.453 e. The van der Waals surface area contributed by atoms with E-state index in [-0.39, 0.29) is 0 Å². The molecule has 26 heavy (non-hydrogen) atoms. The van der Waals surface area contributed by atoms with Gasteiger partial charge in [-0.05, 0) is 36.8 Å². The number of hydrogen-bond donors (Lipinski definition) is 0. The van der Waals surface area contributed by atoms with Crippen LogP contribution in [0.3, 0.4) is 0 Å². The molecular weight excluding hydrogens is 348 g/mol. The van der Waals surface area contributed by atoms with E-state index in [1.165, 1.54) is 0 Å². The molecule has 0 aliphatic rings. The van der Waals surface area contributed by atoms with Gasteiger partial charge < -0.3 is 4.42 Å². The van der Waals surface area contributed by atoms with Gasteiger partial charge in [0.15, 0.2) is 5.76 Å². The summed E-state index contributed by atoms with van der Waals surface area (Å²) in [6.07, 6.45) is 1.76. The molecular formula is C20H17ClN4O. The van der Waals surface area contributed by atoms with E-state index in [1.54, 1.807) is 6.20 Å². The maximum Gasteiger partial charge on any atom is 0.217 e. The van der Waals surface area contributed by atoms with Gasteiger partial charge in [-0.1, -0.05) is 30.3 Å². The molecule has 6 heteroatoms. The number of aromatic nitrogens is 4. The van der Waals surface area contributed by atoms with Gasteiger partial charge in [-0.3, -0.25) is 4.98 Å². The summed E-state index contributed by atoms with van der Waals surface area (Å²) in [4.78, 5) is 8.76. The summed E-state index contributed by atoms with van der Waals surface area (Å²) in [7, 11) is 0. The predicted octanol–water partition coefficient (Wildman–Crippen LogP) is 4.70. The number of rotatable bonds is 5. The number of nitrogens with zero attached hydrogens (tertiary/aromatic N) is 4. The molecule has 0 N–H and O–H groups in total. The maximum absolute atomic E-state index is 5.95. The summed E-state index contributed by atoms with van der Waals surface area (Å²) in [6.45, 7) is 2.54. The quantitative estimate of drug-likeness (QED) is 0.482. The number of alkyl halides is 1. The Kier molecular flexibility index (Phi) is 4.54. The van der Waals surface area contributed by atoms with E-state index in [9.17, 15) is 0 Å². The zero-order chi connectivity index (χ0) is 17.9. The molecule has 0 aliphatic heterocycles. The normalized spacial score (nSPS) is 11.0. The SMILES string of the molecule is Cc1nc(-c2ccc(-c3ccccc3)o2)nn1Cc1ccnc(CCl)c1. The van der Waals surface area contributed by atoms with Gasteiger partial charge in [0.05, 0.1) is 18.1 Å². The van der Waals surface area contributed by atoms with Crippen LogP contribution in [0.5, 0.6) is 0 Å². The summed E-state index contributed by atoms with van der Waals surface area (Å²) >= 11 is 5.86. The molecule has 0 radical (unpaired) electrons. The molecule has 0 bridgehead atoms. The highest BCUT2D eigenvalue weighted by atomic mass is 35.5. The average Bonchev–Trinajstić information content (AvgIpc) is 3.30. The van der Waals surface area contributed by atoms with E-state index in [2.05, 4.69) is 15.1 Å². The first-order valence-electron chi connectivity index (χ1n) is 8.30. The highest BCUT2D eigenvalue weighted by Gasteiger charge is 2.13. The number of halogens is 1. The average molecular weight is 365 g/mol. The summed E-state index contributed by atoms with van der Waals surface area (Å²) in [5, 5.41) is 4.60. The van der Waals surface area contributed by atoms with E-state index in [0.717, 1.165) is 28.4 Å². The second-order valence-corrected chi connectivity index (χ2v) is 6.23. The third-order valence-corrected chi connectivity index (χ3v) is 4.37. The van der Waals surface area contributed by atoms with Gasteiger partial charge in [0.25, 0.3) is 0 Å². The number of benzene rings is 1. The monoisotopic (exact) mass is 364 g/mol. The van der Waals surface area contributed by atoms with Crippen LogP contribution in [-0.4, -0.2) is 19.7 Å². The summed E-state index contributed by atoms with van der Waals surface area (Å²) < 4.78 is 7.80. The Morgan fingerprint density at radius 3 is 2.65 bits per heavy atom. The van der Waals surface area contributed by atoms with Gasteiger partial charge in [-0.25, -0.2) is 9.67 Å². The van der Waals surface area contributed by atoms with E-state index in [0.29, 0.717) is 24.0 Å². The molecule has 0 saturated carbocycles. The Hall–Kier alpha value is -2.92. The van der Waals surface area contributed by atoms with Gasteiger partial charge in [-0.2, -0.15) is 0 Å². The Labute approximate surface area is 156 Å². The molecule has 0 unspecified atom stereocenters. The second-order valence-electron chi connectivity index (χ2n) is 5.96. The molecule has 4 aromatic rings. The number of hydrogen-bond acceptors (Lipinski definition) is 4. The largest absolute Gasteiger partial charge is 0.453 e. The van der Waals surface area contributed by atoms with Crippen molar-refractivity contribution in [2.24, 2.45) is 0 Å². The van der Waals surface area contributed by atoms with Gasteiger partial charge in [0.1, 0.15) is 11.6 Å². The Balaban J connectivity index is 1.59. The van der Waals surface area contributed by atoms with E-state index >= 15 is 0 Å². The molecule has 130 valence electrons. The molecule has 1 aromatic carbocycles. The van der Waals surface area contributed by atoms with Gasteiger partial charge in [0.2, 0.25) is 5.82 Å². The molecule has 0 spiro atoms. The summed E-state index contributed by atoms with van der Waals surface area (Å²) in [5.41, 5.74) is 2.96. The highest BCUT2D eigenvalue weighted by Crippen LogP contribution is 2.26. The van der Waals surface area contributed by atoms with Crippen molar-refractivity contribution in [3.05, 3.63) is 77.9 Å². The van der Waals surface area contributed by atoms with E-state index < -0.39 is 0 Å². The minimum absolute atomic E-state index is 0.393. The van der Waals surface area contributed by atoms with Gasteiger partial charge in [0, 0.05) is 11.8 Å². The molecule has 3 heterocycles. The van der Waals surface area contributed by atoms with Crippen LogP contribution in [0.1, 0.15) is 17.1 Å². The van der Waals surface area contributed by atoms with Crippen LogP contribution < -0.4 is 0 Å². The molecule has 0 aliphatic carbocycles. The lowest BCUT2D eigenvalue weighted by Crippen LogP contribution is -2.04. The Morgan fingerprint density at radius 2 is 1.85 bits per heavy atom. The molecule has 0 atom stereocenters. The zero-order valence-corrected chi connectivity index (χ0v) is 15.0. The lowest BCUT2D eigenvalue weighted by Gasteiger charge is -2.04. The molecule has 4 rings (SSSR count). The van der Waals surface area contributed by atoms with Crippen LogP contribution in [0.4, 0.5) is 0 Å². The van der Waals surface area contributed by atoms with Crippen molar-refractivity contribution in [3.63, 3.8) is 0 Å². The lowest BCUT2D eigenvalue weighted by atomic mass is 10.2. The fraction of sp³-hybridized carbons (Fsp3) is 0.150. The predicted molar refractivity (Wildman–Crippen MR) is 101 cm³/mol. The summed E-state index contributed by atoms with van der Waals surface area (Å²) in [5.74, 6) is 3.25.